The number of hydrogen-bond acceptors (Lipinski definition) is 4. The van der Waals surface area contributed by atoms with E-state index in [9.17, 15) is 14.0 Å². The molecule has 0 aliphatic carbocycles. The van der Waals surface area contributed by atoms with Gasteiger partial charge in [-0.25, -0.2) is 4.39 Å². The summed E-state index contributed by atoms with van der Waals surface area (Å²) in [7, 11) is 0. The van der Waals surface area contributed by atoms with E-state index < -0.39 is 6.10 Å². The van der Waals surface area contributed by atoms with Crippen LogP contribution in [0.25, 0.3) is 0 Å². The highest BCUT2D eigenvalue weighted by Gasteiger charge is 2.34. The van der Waals surface area contributed by atoms with Crippen molar-refractivity contribution in [2.45, 2.75) is 32.4 Å². The van der Waals surface area contributed by atoms with Crippen molar-refractivity contribution in [2.75, 3.05) is 39.5 Å². The van der Waals surface area contributed by atoms with Crippen LogP contribution in [0, 0.1) is 5.82 Å². The van der Waals surface area contributed by atoms with E-state index in [1.54, 1.807) is 21.9 Å². The summed E-state index contributed by atoms with van der Waals surface area (Å²) in [6.45, 7) is 6.23. The summed E-state index contributed by atoms with van der Waals surface area (Å²) in [5, 5.41) is 0. The van der Waals surface area contributed by atoms with Gasteiger partial charge in [-0.15, -0.1) is 0 Å². The number of benzene rings is 1. The second-order valence-electron chi connectivity index (χ2n) is 6.69. The van der Waals surface area contributed by atoms with Gasteiger partial charge in [0.25, 0.3) is 11.8 Å². The van der Waals surface area contributed by atoms with Gasteiger partial charge in [0.2, 0.25) is 0 Å². The maximum atomic E-state index is 14.0. The normalized spacial score (nSPS) is 23.8. The minimum absolute atomic E-state index is 0.0938. The zero-order valence-electron chi connectivity index (χ0n) is 15.2. The van der Waals surface area contributed by atoms with Crippen LogP contribution in [-0.4, -0.2) is 73.2 Å². The van der Waals surface area contributed by atoms with Gasteiger partial charge in [0.15, 0.2) is 6.10 Å². The average molecular weight is 364 g/mol. The van der Waals surface area contributed by atoms with Gasteiger partial charge in [-0.3, -0.25) is 9.59 Å². The van der Waals surface area contributed by atoms with Crippen molar-refractivity contribution >= 4 is 11.8 Å². The lowest BCUT2D eigenvalue weighted by Gasteiger charge is -2.41. The van der Waals surface area contributed by atoms with Gasteiger partial charge < -0.3 is 19.3 Å². The third kappa shape index (κ3) is 3.73. The number of piperazine rings is 1. The van der Waals surface area contributed by atoms with Crippen molar-refractivity contribution in [3.8, 4) is 0 Å². The number of hydrogen-bond donors (Lipinski definition) is 0. The molecule has 2 atom stereocenters. The second-order valence-corrected chi connectivity index (χ2v) is 6.69. The number of nitrogens with zero attached hydrogens (tertiary/aromatic N) is 2. The first-order valence-corrected chi connectivity index (χ1v) is 9.09. The van der Waals surface area contributed by atoms with Gasteiger partial charge in [0.1, 0.15) is 5.82 Å². The molecule has 0 bridgehead atoms. The monoisotopic (exact) mass is 364 g/mol. The zero-order chi connectivity index (χ0) is 18.7. The lowest BCUT2D eigenvalue weighted by molar-refractivity contribution is -0.160. The van der Waals surface area contributed by atoms with Gasteiger partial charge in [-0.2, -0.15) is 0 Å². The molecule has 2 fully saturated rings. The third-order valence-electron chi connectivity index (χ3n) is 4.99. The summed E-state index contributed by atoms with van der Waals surface area (Å²) in [6.07, 6.45) is -0.104. The first-order valence-electron chi connectivity index (χ1n) is 9.09. The Morgan fingerprint density at radius 3 is 2.73 bits per heavy atom. The third-order valence-corrected chi connectivity index (χ3v) is 4.99. The largest absolute Gasteiger partial charge is 0.376 e. The molecular weight excluding hydrogens is 339 g/mol. The van der Waals surface area contributed by atoms with Crippen LogP contribution >= 0.6 is 0 Å². The Kier molecular flexibility index (Phi) is 5.88. The minimum Gasteiger partial charge on any atom is -0.376 e. The maximum Gasteiger partial charge on any atom is 0.254 e. The molecular formula is C19H25FN2O4. The highest BCUT2D eigenvalue weighted by Crippen LogP contribution is 2.20. The predicted molar refractivity (Wildman–Crippen MR) is 93.4 cm³/mol. The Labute approximate surface area is 152 Å². The van der Waals surface area contributed by atoms with Gasteiger partial charge in [-0.05, 0) is 25.5 Å². The molecule has 0 radical (unpaired) electrons. The Hall–Kier alpha value is -1.99. The van der Waals surface area contributed by atoms with Crippen LogP contribution < -0.4 is 0 Å². The van der Waals surface area contributed by atoms with E-state index in [4.69, 9.17) is 9.47 Å². The number of amides is 2. The summed E-state index contributed by atoms with van der Waals surface area (Å²) in [6, 6.07) is 4.45. The van der Waals surface area contributed by atoms with E-state index in [0.29, 0.717) is 50.4 Å². The molecule has 1 aromatic carbocycles. The number of rotatable bonds is 3. The Morgan fingerprint density at radius 2 is 2.08 bits per heavy atom. The average Bonchev–Trinajstić information content (AvgIpc) is 2.67. The van der Waals surface area contributed by atoms with Crippen molar-refractivity contribution in [3.05, 3.63) is 35.1 Å². The Bertz CT molecular complexity index is 676. The number of carbonyl (C=O) groups excluding carboxylic acids is 2. The van der Waals surface area contributed by atoms with Gasteiger partial charge in [-0.1, -0.05) is 13.0 Å². The van der Waals surface area contributed by atoms with Crippen LogP contribution in [0.15, 0.2) is 18.2 Å². The van der Waals surface area contributed by atoms with Crippen molar-refractivity contribution < 1.29 is 23.5 Å². The summed E-state index contributed by atoms with van der Waals surface area (Å²) >= 11 is 0. The Morgan fingerprint density at radius 1 is 1.27 bits per heavy atom. The minimum atomic E-state index is -0.562. The maximum absolute atomic E-state index is 14.0. The van der Waals surface area contributed by atoms with E-state index in [1.165, 1.54) is 6.07 Å². The van der Waals surface area contributed by atoms with Crippen molar-refractivity contribution in [1.29, 1.82) is 0 Å². The summed E-state index contributed by atoms with van der Waals surface area (Å²) in [5.74, 6) is -0.629. The van der Waals surface area contributed by atoms with E-state index in [1.807, 2.05) is 13.8 Å². The molecule has 2 heterocycles. The van der Waals surface area contributed by atoms with Crippen LogP contribution in [0.5, 0.6) is 0 Å². The fourth-order valence-corrected chi connectivity index (χ4v) is 3.57. The quantitative estimate of drug-likeness (QED) is 0.815. The second kappa shape index (κ2) is 8.14. The van der Waals surface area contributed by atoms with Crippen molar-refractivity contribution in [3.63, 3.8) is 0 Å². The van der Waals surface area contributed by atoms with E-state index in [2.05, 4.69) is 0 Å². The van der Waals surface area contributed by atoms with E-state index >= 15 is 0 Å². The number of halogens is 1. The lowest BCUT2D eigenvalue weighted by Crippen LogP contribution is -2.58. The van der Waals surface area contributed by atoms with Crippen LogP contribution in [0.4, 0.5) is 4.39 Å². The fraction of sp³-hybridized carbons (Fsp3) is 0.579. The number of carbonyl (C=O) groups is 2. The van der Waals surface area contributed by atoms with Crippen LogP contribution in [0.3, 0.4) is 0 Å². The molecule has 1 aromatic rings. The van der Waals surface area contributed by atoms with Gasteiger partial charge >= 0.3 is 0 Å². The highest BCUT2D eigenvalue weighted by atomic mass is 19.1. The van der Waals surface area contributed by atoms with E-state index in [-0.39, 0.29) is 30.3 Å². The smallest absolute Gasteiger partial charge is 0.254 e. The molecule has 2 aliphatic rings. The molecule has 7 heteroatoms. The molecule has 0 spiro atoms. The first kappa shape index (κ1) is 18.8. The van der Waals surface area contributed by atoms with Gasteiger partial charge in [0, 0.05) is 36.8 Å². The summed E-state index contributed by atoms with van der Waals surface area (Å²) in [4.78, 5) is 28.9. The van der Waals surface area contributed by atoms with Gasteiger partial charge in [0.05, 0.1) is 19.8 Å². The molecule has 1 unspecified atom stereocenters. The Balaban J connectivity index is 1.68. The van der Waals surface area contributed by atoms with Crippen LogP contribution in [0.2, 0.25) is 0 Å². The predicted octanol–water partition coefficient (Wildman–Crippen LogP) is 1.48. The topological polar surface area (TPSA) is 59.1 Å². The van der Waals surface area contributed by atoms with Crippen molar-refractivity contribution in [2.24, 2.45) is 0 Å². The molecule has 2 saturated heterocycles. The molecule has 3 rings (SSSR count). The molecule has 0 saturated carbocycles. The SMILES string of the molecule is CCc1c(F)cccc1C(=O)N1CCN(C(=O)C2COCCO2)C[C@@H]1C. The standard InChI is InChI=1S/C19H25FN2O4/c1-3-14-15(5-4-6-16(14)20)18(23)22-8-7-21(11-13(22)2)19(24)17-12-25-9-10-26-17/h4-6,13,17H,3,7-12H2,1-2H3/t13-,17?/m0/s1. The molecule has 0 aromatic heterocycles. The molecule has 142 valence electrons. The molecule has 6 nitrogen and oxygen atoms in total. The van der Waals surface area contributed by atoms with Crippen LogP contribution in [0.1, 0.15) is 29.8 Å². The first-order chi connectivity index (χ1) is 12.5. The lowest BCUT2D eigenvalue weighted by atomic mass is 10.0. The summed E-state index contributed by atoms with van der Waals surface area (Å²) in [5.41, 5.74) is 0.846. The summed E-state index contributed by atoms with van der Waals surface area (Å²) < 4.78 is 24.8. The fourth-order valence-electron chi connectivity index (χ4n) is 3.57. The highest BCUT2D eigenvalue weighted by molar-refractivity contribution is 5.96. The molecule has 2 amide bonds. The zero-order valence-corrected chi connectivity index (χ0v) is 15.2. The molecule has 26 heavy (non-hydrogen) atoms. The number of ether oxygens (including phenoxy) is 2. The molecule has 0 N–H and O–H groups in total. The van der Waals surface area contributed by atoms with E-state index in [0.717, 1.165) is 0 Å². The molecule has 2 aliphatic heterocycles. The van der Waals surface area contributed by atoms with Crippen LogP contribution in [-0.2, 0) is 20.7 Å². The van der Waals surface area contributed by atoms with Crippen molar-refractivity contribution in [1.82, 2.24) is 9.80 Å².